The number of carbonyl (C=O) groups excluding carboxylic acids is 1. The number of amides is 1. The number of nitrogens with two attached hydrogens (primary N) is 2. The van der Waals surface area contributed by atoms with Crippen molar-refractivity contribution in [1.29, 1.82) is 0 Å². The molecule has 40 heavy (non-hydrogen) atoms. The number of morpholine rings is 1. The molecule has 3 heterocycles. The van der Waals surface area contributed by atoms with Gasteiger partial charge in [-0.15, -0.1) is 11.6 Å². The Balaban J connectivity index is 1.25. The predicted molar refractivity (Wildman–Crippen MR) is 159 cm³/mol. The van der Waals surface area contributed by atoms with Gasteiger partial charge in [0.15, 0.2) is 0 Å². The van der Waals surface area contributed by atoms with Crippen LogP contribution in [0.15, 0.2) is 12.2 Å². The van der Waals surface area contributed by atoms with E-state index in [1.807, 2.05) is 0 Å². The monoisotopic (exact) mass is 580 g/mol. The van der Waals surface area contributed by atoms with Gasteiger partial charge in [-0.3, -0.25) is 9.69 Å². The van der Waals surface area contributed by atoms with Crippen LogP contribution in [0.4, 0.5) is 0 Å². The molecule has 4 fully saturated rings. The van der Waals surface area contributed by atoms with Crippen LogP contribution in [0.3, 0.4) is 0 Å². The third-order valence-corrected chi connectivity index (χ3v) is 11.0. The largest absolute Gasteiger partial charge is 0.379 e. The molecule has 10 heteroatoms. The molecule has 1 amide bonds. The molecule has 0 bridgehead atoms. The zero-order valence-corrected chi connectivity index (χ0v) is 25.0. The summed E-state index contributed by atoms with van der Waals surface area (Å²) in [6.45, 7) is 7.31. The van der Waals surface area contributed by atoms with E-state index in [9.17, 15) is 4.79 Å². The van der Waals surface area contributed by atoms with E-state index in [4.69, 9.17) is 32.5 Å². The van der Waals surface area contributed by atoms with Crippen LogP contribution in [-0.2, 0) is 14.3 Å². The van der Waals surface area contributed by atoms with E-state index in [2.05, 4.69) is 33.0 Å². The van der Waals surface area contributed by atoms with E-state index in [-0.39, 0.29) is 46.2 Å². The quantitative estimate of drug-likeness (QED) is 0.158. The van der Waals surface area contributed by atoms with E-state index in [1.54, 1.807) is 0 Å². The fourth-order valence-electron chi connectivity index (χ4n) is 8.33. The maximum absolute atomic E-state index is 13.6. The lowest BCUT2D eigenvalue weighted by Crippen LogP contribution is -2.66. The Morgan fingerprint density at radius 2 is 1.90 bits per heavy atom. The summed E-state index contributed by atoms with van der Waals surface area (Å²) in [5, 5.41) is 10.5. The molecule has 5 aliphatic rings. The van der Waals surface area contributed by atoms with Crippen LogP contribution in [0.25, 0.3) is 0 Å². The Morgan fingerprint density at radius 3 is 2.60 bits per heavy atom. The molecule has 7 N–H and O–H groups in total. The fraction of sp³-hybridized carbons (Fsp3) is 0.900. The molecule has 0 aromatic rings. The molecule has 2 aliphatic carbocycles. The van der Waals surface area contributed by atoms with Crippen LogP contribution in [0.2, 0.25) is 0 Å². The normalized spacial score (nSPS) is 34.1. The van der Waals surface area contributed by atoms with Gasteiger partial charge in [0.25, 0.3) is 0 Å². The van der Waals surface area contributed by atoms with Crippen molar-refractivity contribution in [3.05, 3.63) is 12.2 Å². The minimum absolute atomic E-state index is 0.00128. The number of alkyl halides is 1. The zero-order chi connectivity index (χ0) is 28.0. The van der Waals surface area contributed by atoms with Crippen LogP contribution >= 0.6 is 11.6 Å². The average Bonchev–Trinajstić information content (AvgIpc) is 2.93. The first-order valence-electron chi connectivity index (χ1n) is 15.9. The highest BCUT2D eigenvalue weighted by atomic mass is 35.5. The number of nitrogens with one attached hydrogen (secondary N) is 3. The Morgan fingerprint density at radius 1 is 1.12 bits per heavy atom. The molecular weight excluding hydrogens is 528 g/mol. The third-order valence-electron chi connectivity index (χ3n) is 10.7. The number of halogens is 1. The standard InChI is InChI=1S/C30H53ClN6O3/c31-22-5-11-29(7-2-1-3-8-29)30(9-4-10-30)27(35-20-22)23(28(32)33)19-26(38)36-24-21-34-12-6-25(24)40-18-15-37-13-16-39-17-14-37/h5,11,22-25,27-28,34-35H,1-4,6-10,12-21,32-33H2,(H,36,38)/b11-5-. The van der Waals surface area contributed by atoms with E-state index >= 15 is 0 Å². The van der Waals surface area contributed by atoms with E-state index in [0.29, 0.717) is 26.1 Å². The molecular formula is C30H53ClN6O3. The summed E-state index contributed by atoms with van der Waals surface area (Å²) < 4.78 is 11.8. The second-order valence-electron chi connectivity index (χ2n) is 13.0. The van der Waals surface area contributed by atoms with Gasteiger partial charge in [-0.05, 0) is 49.5 Å². The Bertz CT molecular complexity index is 843. The lowest BCUT2D eigenvalue weighted by atomic mass is 9.44. The maximum Gasteiger partial charge on any atom is 0.220 e. The van der Waals surface area contributed by atoms with Gasteiger partial charge < -0.3 is 36.9 Å². The van der Waals surface area contributed by atoms with Crippen molar-refractivity contribution in [3.8, 4) is 0 Å². The predicted octanol–water partition coefficient (Wildman–Crippen LogP) is 1.69. The van der Waals surface area contributed by atoms with Crippen molar-refractivity contribution in [2.24, 2.45) is 28.2 Å². The second kappa shape index (κ2) is 14.1. The lowest BCUT2D eigenvalue weighted by Gasteiger charge is -2.63. The Labute approximate surface area is 245 Å². The second-order valence-corrected chi connectivity index (χ2v) is 13.5. The lowest BCUT2D eigenvalue weighted by molar-refractivity contribution is -0.127. The third kappa shape index (κ3) is 6.88. The fourth-order valence-corrected chi connectivity index (χ4v) is 8.50. The number of rotatable bonds is 9. The van der Waals surface area contributed by atoms with Gasteiger partial charge in [-0.25, -0.2) is 0 Å². The molecule has 2 saturated heterocycles. The van der Waals surface area contributed by atoms with E-state index in [1.165, 1.54) is 38.5 Å². The number of hydrogen-bond acceptors (Lipinski definition) is 8. The summed E-state index contributed by atoms with van der Waals surface area (Å²) in [5.41, 5.74) is 13.2. The van der Waals surface area contributed by atoms with Crippen molar-refractivity contribution in [3.63, 3.8) is 0 Å². The van der Waals surface area contributed by atoms with Crippen LogP contribution in [0, 0.1) is 16.7 Å². The number of fused-ring (bicyclic) bond motifs is 1. The summed E-state index contributed by atoms with van der Waals surface area (Å²) in [6.07, 6.45) is 14.9. The van der Waals surface area contributed by atoms with Crippen molar-refractivity contribution in [2.75, 3.05) is 59.1 Å². The minimum atomic E-state index is -0.594. The highest BCUT2D eigenvalue weighted by Crippen LogP contribution is 2.64. The van der Waals surface area contributed by atoms with Gasteiger partial charge in [-0.2, -0.15) is 0 Å². The SMILES string of the molecule is NC(N)C(CC(=O)NC1CNCCC1OCCN1CCOCC1)C1NCC(Cl)/C=C\C2(CCCCC2)C12CCC2. The number of allylic oxidation sites excluding steroid dienone is 1. The Kier molecular flexibility index (Phi) is 10.8. The van der Waals surface area contributed by atoms with E-state index in [0.717, 1.165) is 58.7 Å². The van der Waals surface area contributed by atoms with Gasteiger partial charge in [0.2, 0.25) is 5.91 Å². The van der Waals surface area contributed by atoms with Crippen molar-refractivity contribution < 1.29 is 14.3 Å². The smallest absolute Gasteiger partial charge is 0.220 e. The van der Waals surface area contributed by atoms with Gasteiger partial charge in [0.1, 0.15) is 0 Å². The number of piperidine rings is 1. The van der Waals surface area contributed by atoms with Crippen molar-refractivity contribution in [1.82, 2.24) is 20.9 Å². The van der Waals surface area contributed by atoms with Crippen LogP contribution in [-0.4, -0.2) is 99.6 Å². The molecule has 5 atom stereocenters. The first kappa shape index (κ1) is 30.7. The van der Waals surface area contributed by atoms with Gasteiger partial charge in [0, 0.05) is 51.1 Å². The van der Waals surface area contributed by atoms with Crippen LogP contribution in [0.1, 0.15) is 64.2 Å². The van der Waals surface area contributed by atoms with Crippen molar-refractivity contribution >= 4 is 17.5 Å². The van der Waals surface area contributed by atoms with Gasteiger partial charge >= 0.3 is 0 Å². The maximum atomic E-state index is 13.6. The summed E-state index contributed by atoms with van der Waals surface area (Å²) in [5.74, 6) is -0.165. The number of carbonyl (C=O) groups is 1. The average molecular weight is 581 g/mol. The molecule has 0 aromatic carbocycles. The highest BCUT2D eigenvalue weighted by Gasteiger charge is 2.59. The topological polar surface area (TPSA) is 127 Å². The molecule has 228 valence electrons. The number of nitrogens with zero attached hydrogens (tertiary/aromatic N) is 1. The van der Waals surface area contributed by atoms with Gasteiger partial charge in [0.05, 0.1) is 43.5 Å². The van der Waals surface area contributed by atoms with E-state index < -0.39 is 6.17 Å². The minimum Gasteiger partial charge on any atom is -0.379 e. The first-order chi connectivity index (χ1) is 19.4. The zero-order valence-electron chi connectivity index (χ0n) is 24.3. The molecule has 2 saturated carbocycles. The molecule has 3 aliphatic heterocycles. The molecule has 5 unspecified atom stereocenters. The Hall–Kier alpha value is -0.780. The van der Waals surface area contributed by atoms with Crippen LogP contribution in [0.5, 0.6) is 0 Å². The summed E-state index contributed by atoms with van der Waals surface area (Å²) in [7, 11) is 0. The summed E-state index contributed by atoms with van der Waals surface area (Å²) in [6, 6.07) is -0.00950. The molecule has 9 nitrogen and oxygen atoms in total. The first-order valence-corrected chi connectivity index (χ1v) is 16.4. The summed E-state index contributed by atoms with van der Waals surface area (Å²) in [4.78, 5) is 16.0. The highest BCUT2D eigenvalue weighted by molar-refractivity contribution is 6.22. The molecule has 2 spiro atoms. The molecule has 0 aromatic heterocycles. The number of ether oxygens (including phenoxy) is 2. The van der Waals surface area contributed by atoms with Gasteiger partial charge in [-0.1, -0.05) is 37.8 Å². The summed E-state index contributed by atoms with van der Waals surface area (Å²) >= 11 is 6.72. The van der Waals surface area contributed by atoms with Crippen LogP contribution < -0.4 is 27.4 Å². The molecule has 0 radical (unpaired) electrons. The molecule has 5 rings (SSSR count). The van der Waals surface area contributed by atoms with Crippen molar-refractivity contribution in [2.45, 2.75) is 93.9 Å². The number of hydrogen-bond donors (Lipinski definition) is 5.